The summed E-state index contributed by atoms with van der Waals surface area (Å²) >= 11 is 0. The van der Waals surface area contributed by atoms with Gasteiger partial charge >= 0.3 is 0 Å². The number of H-pyrrole nitrogens is 1. The summed E-state index contributed by atoms with van der Waals surface area (Å²) in [6.07, 6.45) is 1.65. The first kappa shape index (κ1) is 25.9. The maximum Gasteiger partial charge on any atom is 0.252 e. The highest BCUT2D eigenvalue weighted by Crippen LogP contribution is 2.35. The van der Waals surface area contributed by atoms with E-state index in [0.717, 1.165) is 57.8 Å². The lowest BCUT2D eigenvalue weighted by molar-refractivity contribution is 0.150. The molecule has 0 unspecified atom stereocenters. The number of nitrogens with zero attached hydrogens (tertiary/aromatic N) is 5. The average molecular weight is 517 g/mol. The summed E-state index contributed by atoms with van der Waals surface area (Å²) < 4.78 is 13.1. The molecule has 0 aliphatic carbocycles. The highest BCUT2D eigenvalue weighted by molar-refractivity contribution is 5.82. The molecule has 38 heavy (non-hydrogen) atoms. The van der Waals surface area contributed by atoms with Crippen LogP contribution in [0.3, 0.4) is 0 Å². The number of aromatic amines is 1. The molecule has 0 bridgehead atoms. The molecule has 1 atom stereocenters. The minimum absolute atomic E-state index is 0.0801. The zero-order valence-electron chi connectivity index (χ0n) is 23.0. The van der Waals surface area contributed by atoms with Crippen LogP contribution in [0.2, 0.25) is 0 Å². The second-order valence-corrected chi connectivity index (χ2v) is 10.8. The Morgan fingerprint density at radius 2 is 1.87 bits per heavy atom. The highest BCUT2D eigenvalue weighted by atomic mass is 16.7. The number of rotatable bonds is 9. The van der Waals surface area contributed by atoms with Gasteiger partial charge < -0.3 is 14.5 Å². The van der Waals surface area contributed by atoms with Crippen LogP contribution in [0.4, 0.5) is 0 Å². The van der Waals surface area contributed by atoms with Crippen molar-refractivity contribution in [3.8, 4) is 11.5 Å². The second-order valence-electron chi connectivity index (χ2n) is 10.8. The number of tetrazole rings is 1. The Labute approximate surface area is 222 Å². The second kappa shape index (κ2) is 10.2. The molecule has 1 aliphatic rings. The van der Waals surface area contributed by atoms with Gasteiger partial charge in [0.15, 0.2) is 17.3 Å². The third kappa shape index (κ3) is 4.90. The summed E-state index contributed by atoms with van der Waals surface area (Å²) in [5.41, 5.74) is 4.55. The molecule has 0 radical (unpaired) electrons. The number of pyridine rings is 1. The average Bonchev–Trinajstić information content (AvgIpc) is 3.55. The summed E-state index contributed by atoms with van der Waals surface area (Å²) in [4.78, 5) is 18.7. The van der Waals surface area contributed by atoms with E-state index in [9.17, 15) is 4.79 Å². The zero-order chi connectivity index (χ0) is 27.0. The molecule has 0 amide bonds. The standard InChI is InChI=1S/C29H36N6O3/c1-7-23(27-31-32-33-35(27)29(5,6)8-2)34(15-20-9-10-24-25(13-20)38-17-37-24)16-22-14-21-12-18(3)11-19(4)26(21)30-28(22)36/h9-14,23H,7-8,15-17H2,1-6H3,(H,30,36)/t23-/m1/s1. The van der Waals surface area contributed by atoms with Gasteiger partial charge in [-0.3, -0.25) is 9.69 Å². The van der Waals surface area contributed by atoms with Crippen molar-refractivity contribution < 1.29 is 9.47 Å². The zero-order valence-corrected chi connectivity index (χ0v) is 23.0. The Kier molecular flexibility index (Phi) is 6.96. The van der Waals surface area contributed by atoms with Crippen LogP contribution >= 0.6 is 0 Å². The largest absolute Gasteiger partial charge is 0.454 e. The third-order valence-electron chi connectivity index (χ3n) is 7.62. The van der Waals surface area contributed by atoms with Crippen molar-refractivity contribution in [2.75, 3.05) is 6.79 Å². The molecule has 4 aromatic rings. The van der Waals surface area contributed by atoms with Gasteiger partial charge in [0.1, 0.15) is 0 Å². The molecule has 1 aliphatic heterocycles. The van der Waals surface area contributed by atoms with Crippen LogP contribution in [0.1, 0.15) is 74.7 Å². The monoisotopic (exact) mass is 516 g/mol. The maximum atomic E-state index is 13.3. The van der Waals surface area contributed by atoms with E-state index >= 15 is 0 Å². The van der Waals surface area contributed by atoms with Gasteiger partial charge in [0, 0.05) is 18.7 Å². The molecule has 200 valence electrons. The van der Waals surface area contributed by atoms with Crippen molar-refractivity contribution in [1.29, 1.82) is 0 Å². The Morgan fingerprint density at radius 3 is 2.63 bits per heavy atom. The lowest BCUT2D eigenvalue weighted by Gasteiger charge is -2.33. The van der Waals surface area contributed by atoms with Crippen LogP contribution in [-0.2, 0) is 18.6 Å². The Hall–Kier alpha value is -3.72. The van der Waals surface area contributed by atoms with Gasteiger partial charge in [-0.25, -0.2) is 4.68 Å². The molecule has 9 heteroatoms. The van der Waals surface area contributed by atoms with Gasteiger partial charge in [-0.2, -0.15) is 0 Å². The minimum atomic E-state index is -0.244. The van der Waals surface area contributed by atoms with Crippen LogP contribution < -0.4 is 15.0 Å². The quantitative estimate of drug-likeness (QED) is 0.328. The number of benzene rings is 2. The van der Waals surface area contributed by atoms with Crippen LogP contribution in [0, 0.1) is 13.8 Å². The SMILES string of the molecule is CC[C@H](c1nnnn1C(C)(C)CC)N(Cc1ccc2c(c1)OCO2)Cc1cc2cc(C)cc(C)c2[nH]c1=O. The number of aryl methyl sites for hydroxylation is 2. The van der Waals surface area contributed by atoms with Crippen molar-refractivity contribution in [1.82, 2.24) is 30.1 Å². The molecule has 5 rings (SSSR count). The molecule has 3 heterocycles. The van der Waals surface area contributed by atoms with E-state index in [4.69, 9.17) is 9.47 Å². The van der Waals surface area contributed by atoms with Crippen LogP contribution in [0.25, 0.3) is 10.9 Å². The summed E-state index contributed by atoms with van der Waals surface area (Å²) in [7, 11) is 0. The van der Waals surface area contributed by atoms with E-state index in [1.54, 1.807) is 0 Å². The molecule has 2 aromatic carbocycles. The lowest BCUT2D eigenvalue weighted by atomic mass is 10.0. The maximum absolute atomic E-state index is 13.3. The van der Waals surface area contributed by atoms with E-state index in [2.05, 4.69) is 72.2 Å². The van der Waals surface area contributed by atoms with Gasteiger partial charge in [-0.15, -0.1) is 5.10 Å². The van der Waals surface area contributed by atoms with Crippen molar-refractivity contribution in [3.63, 3.8) is 0 Å². The van der Waals surface area contributed by atoms with Crippen LogP contribution in [0.15, 0.2) is 41.2 Å². The Balaban J connectivity index is 1.58. The fourth-order valence-corrected chi connectivity index (χ4v) is 5.21. The molecule has 0 saturated heterocycles. The van der Waals surface area contributed by atoms with Crippen molar-refractivity contribution >= 4 is 10.9 Å². The summed E-state index contributed by atoms with van der Waals surface area (Å²) in [5.74, 6) is 2.28. The van der Waals surface area contributed by atoms with E-state index in [1.807, 2.05) is 35.9 Å². The smallest absolute Gasteiger partial charge is 0.252 e. The first-order valence-electron chi connectivity index (χ1n) is 13.2. The van der Waals surface area contributed by atoms with Gasteiger partial charge in [-0.05, 0) is 91.7 Å². The van der Waals surface area contributed by atoms with Crippen LogP contribution in [-0.4, -0.2) is 36.9 Å². The Bertz CT molecular complexity index is 1520. The normalized spacial score (nSPS) is 14.0. The topological polar surface area (TPSA) is 98.2 Å². The lowest BCUT2D eigenvalue weighted by Crippen LogP contribution is -2.36. The van der Waals surface area contributed by atoms with Crippen molar-refractivity contribution in [2.45, 2.75) is 79.1 Å². The predicted octanol–water partition coefficient (Wildman–Crippen LogP) is 5.16. The Morgan fingerprint density at radius 1 is 1.08 bits per heavy atom. The highest BCUT2D eigenvalue weighted by Gasteiger charge is 2.31. The van der Waals surface area contributed by atoms with Gasteiger partial charge in [-0.1, -0.05) is 31.5 Å². The molecular formula is C29H36N6O3. The van der Waals surface area contributed by atoms with Gasteiger partial charge in [0.2, 0.25) is 6.79 Å². The summed E-state index contributed by atoms with van der Waals surface area (Å²) in [6.45, 7) is 13.9. The van der Waals surface area contributed by atoms with E-state index in [1.165, 1.54) is 0 Å². The molecule has 0 spiro atoms. The molecule has 0 saturated carbocycles. The fraction of sp³-hybridized carbons (Fsp3) is 0.448. The minimum Gasteiger partial charge on any atom is -0.454 e. The number of nitrogens with one attached hydrogen (secondary N) is 1. The molecule has 1 N–H and O–H groups in total. The predicted molar refractivity (Wildman–Crippen MR) is 146 cm³/mol. The summed E-state index contributed by atoms with van der Waals surface area (Å²) in [5, 5.41) is 14.0. The number of fused-ring (bicyclic) bond motifs is 2. The number of aromatic nitrogens is 5. The fourth-order valence-electron chi connectivity index (χ4n) is 5.21. The van der Waals surface area contributed by atoms with E-state index in [-0.39, 0.29) is 23.9 Å². The van der Waals surface area contributed by atoms with E-state index in [0.29, 0.717) is 18.7 Å². The first-order valence-corrected chi connectivity index (χ1v) is 13.2. The van der Waals surface area contributed by atoms with E-state index < -0.39 is 0 Å². The number of ether oxygens (including phenoxy) is 2. The van der Waals surface area contributed by atoms with Gasteiger partial charge in [0.05, 0.1) is 17.1 Å². The van der Waals surface area contributed by atoms with Crippen LogP contribution in [0.5, 0.6) is 11.5 Å². The molecule has 9 nitrogen and oxygen atoms in total. The summed E-state index contributed by atoms with van der Waals surface area (Å²) in [6, 6.07) is 12.1. The first-order chi connectivity index (χ1) is 18.2. The van der Waals surface area contributed by atoms with Crippen molar-refractivity contribution in [2.24, 2.45) is 0 Å². The van der Waals surface area contributed by atoms with Crippen molar-refractivity contribution in [3.05, 3.63) is 74.8 Å². The molecule has 0 fully saturated rings. The molecular weight excluding hydrogens is 480 g/mol. The third-order valence-corrected chi connectivity index (χ3v) is 7.62. The number of hydrogen-bond acceptors (Lipinski definition) is 7. The number of hydrogen-bond donors (Lipinski definition) is 1. The molecule has 2 aromatic heterocycles. The van der Waals surface area contributed by atoms with Gasteiger partial charge in [0.25, 0.3) is 5.56 Å².